The lowest BCUT2D eigenvalue weighted by atomic mass is 10.2. The van der Waals surface area contributed by atoms with E-state index in [1.54, 1.807) is 18.7 Å². The number of likely N-dealkylation sites (N-methyl/N-ethyl adjacent to an activating group) is 1. The van der Waals surface area contributed by atoms with E-state index in [1.807, 2.05) is 38.1 Å². The number of halogens is 1. The second kappa shape index (κ2) is 6.40. The molecular weight excluding hydrogens is 302 g/mol. The van der Waals surface area contributed by atoms with Crippen LogP contribution in [0, 0.1) is 0 Å². The average molecular weight is 322 g/mol. The van der Waals surface area contributed by atoms with Crippen LogP contribution in [-0.4, -0.2) is 40.9 Å². The molecule has 5 nitrogen and oxygen atoms in total. The van der Waals surface area contributed by atoms with Crippen molar-refractivity contribution in [3.05, 3.63) is 35.0 Å². The highest BCUT2D eigenvalue weighted by Crippen LogP contribution is 2.30. The molecule has 0 saturated heterocycles. The molecular formula is C16H20ClN3O2. The van der Waals surface area contributed by atoms with Gasteiger partial charge in [-0.15, -0.1) is 0 Å². The fraction of sp³-hybridized carbons (Fsp3) is 0.375. The van der Waals surface area contributed by atoms with E-state index in [4.69, 9.17) is 11.6 Å². The van der Waals surface area contributed by atoms with Crippen LogP contribution in [0.4, 0.5) is 0 Å². The molecule has 0 radical (unpaired) electrons. The molecule has 6 heteroatoms. The van der Waals surface area contributed by atoms with Crippen molar-refractivity contribution in [3.63, 3.8) is 0 Å². The molecule has 2 rings (SSSR count). The molecule has 1 N–H and O–H groups in total. The Labute approximate surface area is 134 Å². The highest BCUT2D eigenvalue weighted by molar-refractivity contribution is 6.38. The van der Waals surface area contributed by atoms with Crippen molar-refractivity contribution < 1.29 is 9.59 Å². The van der Waals surface area contributed by atoms with Gasteiger partial charge < -0.3 is 14.8 Å². The van der Waals surface area contributed by atoms with Crippen molar-refractivity contribution in [1.29, 1.82) is 0 Å². The van der Waals surface area contributed by atoms with Gasteiger partial charge in [-0.25, -0.2) is 0 Å². The molecule has 0 bridgehead atoms. The minimum atomic E-state index is -0.275. The van der Waals surface area contributed by atoms with Crippen LogP contribution in [0.5, 0.6) is 0 Å². The molecule has 0 unspecified atom stereocenters. The molecule has 22 heavy (non-hydrogen) atoms. The normalized spacial score (nSPS) is 11.0. The van der Waals surface area contributed by atoms with Gasteiger partial charge in [0.1, 0.15) is 5.69 Å². The maximum absolute atomic E-state index is 12.6. The highest BCUT2D eigenvalue weighted by atomic mass is 35.5. The Balaban J connectivity index is 2.28. The summed E-state index contributed by atoms with van der Waals surface area (Å²) in [5.41, 5.74) is 1.28. The zero-order chi connectivity index (χ0) is 16.4. The van der Waals surface area contributed by atoms with Crippen LogP contribution < -0.4 is 5.32 Å². The van der Waals surface area contributed by atoms with E-state index >= 15 is 0 Å². The largest absolute Gasteiger partial charge is 0.352 e. The van der Waals surface area contributed by atoms with Crippen molar-refractivity contribution in [2.45, 2.75) is 19.9 Å². The van der Waals surface area contributed by atoms with Gasteiger partial charge in [0.15, 0.2) is 0 Å². The molecule has 0 spiro atoms. The van der Waals surface area contributed by atoms with Gasteiger partial charge in [0.05, 0.1) is 11.6 Å². The molecule has 0 saturated carbocycles. The van der Waals surface area contributed by atoms with Crippen LogP contribution in [0.1, 0.15) is 24.3 Å². The van der Waals surface area contributed by atoms with Gasteiger partial charge in [0, 0.05) is 31.0 Å². The lowest BCUT2D eigenvalue weighted by molar-refractivity contribution is -0.122. The van der Waals surface area contributed by atoms with Crippen LogP contribution in [0.25, 0.3) is 10.9 Å². The molecule has 0 aliphatic heterocycles. The predicted octanol–water partition coefficient (Wildman–Crippen LogP) is 2.43. The molecule has 0 aliphatic carbocycles. The van der Waals surface area contributed by atoms with Gasteiger partial charge in [-0.3, -0.25) is 9.59 Å². The summed E-state index contributed by atoms with van der Waals surface area (Å²) in [6.45, 7) is 3.75. The topological polar surface area (TPSA) is 54.3 Å². The van der Waals surface area contributed by atoms with Gasteiger partial charge >= 0.3 is 0 Å². The summed E-state index contributed by atoms with van der Waals surface area (Å²) in [7, 11) is 3.39. The van der Waals surface area contributed by atoms with E-state index in [0.29, 0.717) is 10.7 Å². The summed E-state index contributed by atoms with van der Waals surface area (Å²) in [6, 6.07) is 7.59. The summed E-state index contributed by atoms with van der Waals surface area (Å²) in [5, 5.41) is 4.01. The third kappa shape index (κ3) is 3.09. The monoisotopic (exact) mass is 321 g/mol. The van der Waals surface area contributed by atoms with E-state index in [0.717, 1.165) is 10.9 Å². The van der Waals surface area contributed by atoms with E-state index in [2.05, 4.69) is 5.32 Å². The molecule has 0 aliphatic rings. The summed E-state index contributed by atoms with van der Waals surface area (Å²) < 4.78 is 1.76. The molecule has 2 amide bonds. The first-order valence-electron chi connectivity index (χ1n) is 7.10. The number of carbonyl (C=O) groups excluding carboxylic acids is 2. The summed E-state index contributed by atoms with van der Waals surface area (Å²) in [6.07, 6.45) is 0. The van der Waals surface area contributed by atoms with Gasteiger partial charge in [0.2, 0.25) is 5.91 Å². The minimum absolute atomic E-state index is 0.00509. The Morgan fingerprint density at radius 2 is 1.95 bits per heavy atom. The number of carbonyl (C=O) groups is 2. The molecule has 2 aromatic rings. The predicted molar refractivity (Wildman–Crippen MR) is 88.2 cm³/mol. The van der Waals surface area contributed by atoms with E-state index in [1.165, 1.54) is 4.90 Å². The second-order valence-electron chi connectivity index (χ2n) is 5.62. The Hall–Kier alpha value is -2.01. The van der Waals surface area contributed by atoms with Crippen LogP contribution >= 0.6 is 11.6 Å². The van der Waals surface area contributed by atoms with Gasteiger partial charge in [-0.05, 0) is 19.9 Å². The Morgan fingerprint density at radius 3 is 2.55 bits per heavy atom. The summed E-state index contributed by atoms with van der Waals surface area (Å²) >= 11 is 6.35. The lowest BCUT2D eigenvalue weighted by Gasteiger charge is -2.18. The molecule has 0 fully saturated rings. The van der Waals surface area contributed by atoms with E-state index in [9.17, 15) is 9.59 Å². The number of nitrogens with zero attached hydrogens (tertiary/aromatic N) is 2. The van der Waals surface area contributed by atoms with Crippen molar-refractivity contribution in [3.8, 4) is 0 Å². The standard InChI is InChI=1S/C16H20ClN3O2/c1-10(2)18-13(21)9-19(3)16(22)15-14(17)11-7-5-6-8-12(11)20(15)4/h5-8,10H,9H2,1-4H3,(H,18,21). The summed E-state index contributed by atoms with van der Waals surface area (Å²) in [5.74, 6) is -0.469. The number of amides is 2. The fourth-order valence-corrected chi connectivity index (χ4v) is 2.79. The molecule has 1 aromatic carbocycles. The number of benzene rings is 1. The highest BCUT2D eigenvalue weighted by Gasteiger charge is 2.23. The van der Waals surface area contributed by atoms with Crippen molar-refractivity contribution in [2.24, 2.45) is 7.05 Å². The first-order valence-corrected chi connectivity index (χ1v) is 7.48. The number of rotatable bonds is 4. The van der Waals surface area contributed by atoms with E-state index in [-0.39, 0.29) is 24.4 Å². The number of nitrogens with one attached hydrogen (secondary N) is 1. The molecule has 118 valence electrons. The molecule has 0 atom stereocenters. The number of aryl methyl sites for hydroxylation is 1. The third-order valence-electron chi connectivity index (χ3n) is 3.42. The number of hydrogen-bond acceptors (Lipinski definition) is 2. The second-order valence-corrected chi connectivity index (χ2v) is 6.00. The van der Waals surface area contributed by atoms with Crippen molar-refractivity contribution in [1.82, 2.24) is 14.8 Å². The Kier molecular flexibility index (Phi) is 4.76. The Morgan fingerprint density at radius 1 is 1.32 bits per heavy atom. The number of aromatic nitrogens is 1. The minimum Gasteiger partial charge on any atom is -0.352 e. The van der Waals surface area contributed by atoms with Crippen LogP contribution in [0.3, 0.4) is 0 Å². The lowest BCUT2D eigenvalue weighted by Crippen LogP contribution is -2.41. The number of hydrogen-bond donors (Lipinski definition) is 1. The maximum atomic E-state index is 12.6. The Bertz CT molecular complexity index is 682. The first-order chi connectivity index (χ1) is 10.3. The van der Waals surface area contributed by atoms with Gasteiger partial charge in [0.25, 0.3) is 5.91 Å². The van der Waals surface area contributed by atoms with Crippen LogP contribution in [-0.2, 0) is 11.8 Å². The molecule has 1 aromatic heterocycles. The average Bonchev–Trinajstić information content (AvgIpc) is 2.70. The number of para-hydroxylation sites is 1. The zero-order valence-corrected chi connectivity index (χ0v) is 13.9. The summed E-state index contributed by atoms with van der Waals surface area (Å²) in [4.78, 5) is 25.8. The van der Waals surface area contributed by atoms with Crippen LogP contribution in [0.2, 0.25) is 5.02 Å². The van der Waals surface area contributed by atoms with E-state index < -0.39 is 0 Å². The van der Waals surface area contributed by atoms with Crippen molar-refractivity contribution in [2.75, 3.05) is 13.6 Å². The van der Waals surface area contributed by atoms with Crippen molar-refractivity contribution >= 4 is 34.3 Å². The van der Waals surface area contributed by atoms with Gasteiger partial charge in [-0.1, -0.05) is 29.8 Å². The SMILES string of the molecule is CC(C)NC(=O)CN(C)C(=O)c1c(Cl)c2ccccc2n1C. The zero-order valence-electron chi connectivity index (χ0n) is 13.2. The first kappa shape index (κ1) is 16.4. The van der Waals surface area contributed by atoms with Crippen LogP contribution in [0.15, 0.2) is 24.3 Å². The molecule has 1 heterocycles. The maximum Gasteiger partial charge on any atom is 0.272 e. The number of fused-ring (bicyclic) bond motifs is 1. The third-order valence-corrected chi connectivity index (χ3v) is 3.81. The smallest absolute Gasteiger partial charge is 0.272 e. The fourth-order valence-electron chi connectivity index (χ4n) is 2.42. The quantitative estimate of drug-likeness (QED) is 0.940. The van der Waals surface area contributed by atoms with Gasteiger partial charge in [-0.2, -0.15) is 0 Å².